The third kappa shape index (κ3) is 6.06. The monoisotopic (exact) mass is 419 g/mol. The number of carboxylic acids is 1. The Hall–Kier alpha value is -3.37. The average molecular weight is 419 g/mol. The van der Waals surface area contributed by atoms with Gasteiger partial charge in [-0.3, -0.25) is 4.79 Å². The van der Waals surface area contributed by atoms with E-state index in [1.165, 1.54) is 25.1 Å². The maximum absolute atomic E-state index is 12.1. The number of aromatic carboxylic acids is 1. The van der Waals surface area contributed by atoms with E-state index in [0.29, 0.717) is 12.2 Å². The van der Waals surface area contributed by atoms with Gasteiger partial charge in [-0.05, 0) is 43.3 Å². The highest BCUT2D eigenvalue weighted by molar-refractivity contribution is 7.89. The van der Waals surface area contributed by atoms with Crippen molar-refractivity contribution in [2.45, 2.75) is 18.7 Å². The van der Waals surface area contributed by atoms with Crippen molar-refractivity contribution in [1.82, 2.24) is 0 Å². The molecular weight excluding hydrogens is 398 g/mol. The summed E-state index contributed by atoms with van der Waals surface area (Å²) in [7, 11) is -4.29. The Bertz CT molecular complexity index is 1050. The zero-order valence-electron chi connectivity index (χ0n) is 15.8. The lowest BCUT2D eigenvalue weighted by Crippen LogP contribution is -2.16. The van der Waals surface area contributed by atoms with E-state index in [0.717, 1.165) is 6.07 Å². The van der Waals surface area contributed by atoms with E-state index in [1.807, 2.05) is 0 Å². The molecule has 29 heavy (non-hydrogen) atoms. The van der Waals surface area contributed by atoms with E-state index in [9.17, 15) is 23.1 Å². The van der Waals surface area contributed by atoms with Crippen LogP contribution in [0.2, 0.25) is 0 Å². The summed E-state index contributed by atoms with van der Waals surface area (Å²) in [4.78, 5) is 22.1. The molecule has 9 nitrogen and oxygen atoms in total. The van der Waals surface area contributed by atoms with Crippen molar-refractivity contribution >= 4 is 33.3 Å². The molecule has 0 aliphatic heterocycles. The lowest BCUT2D eigenvalue weighted by Gasteiger charge is -2.17. The molecule has 10 heteroatoms. The zero-order chi connectivity index (χ0) is 21.6. The van der Waals surface area contributed by atoms with E-state index in [2.05, 4.69) is 10.6 Å². The van der Waals surface area contributed by atoms with Gasteiger partial charge in [-0.15, -0.1) is 0 Å². The standard InChI is InChI=1S/C19H21N3O6S/c1-3-4-9-21-16-10-13(19(24)25)11-17(29(20,26)27)18(16)28-15-7-5-14(6-8-15)22-12(2)23/h3-8,10-11,21H,9H2,1-2H3,(H,22,23)(H,24,25)(H2,20,26,27)/b4-3+. The molecule has 154 valence electrons. The Balaban J connectivity index is 2.54. The zero-order valence-corrected chi connectivity index (χ0v) is 16.6. The molecule has 2 aromatic rings. The highest BCUT2D eigenvalue weighted by Gasteiger charge is 2.23. The smallest absolute Gasteiger partial charge is 0.335 e. The molecule has 0 bridgehead atoms. The van der Waals surface area contributed by atoms with E-state index < -0.39 is 20.9 Å². The van der Waals surface area contributed by atoms with Crippen LogP contribution < -0.4 is 20.5 Å². The van der Waals surface area contributed by atoms with Gasteiger partial charge in [-0.1, -0.05) is 12.2 Å². The number of nitrogens with two attached hydrogens (primary N) is 1. The van der Waals surface area contributed by atoms with Crippen LogP contribution in [0, 0.1) is 0 Å². The Morgan fingerprint density at radius 1 is 1.21 bits per heavy atom. The number of hydrogen-bond donors (Lipinski definition) is 4. The summed E-state index contributed by atoms with van der Waals surface area (Å²) >= 11 is 0. The molecule has 0 atom stereocenters. The molecule has 0 aromatic heterocycles. The van der Waals surface area contributed by atoms with Gasteiger partial charge in [0.2, 0.25) is 15.9 Å². The minimum atomic E-state index is -4.29. The van der Waals surface area contributed by atoms with Crippen molar-refractivity contribution < 1.29 is 27.9 Å². The van der Waals surface area contributed by atoms with Crippen LogP contribution >= 0.6 is 0 Å². The number of hydrogen-bond acceptors (Lipinski definition) is 6. The normalized spacial score (nSPS) is 11.3. The summed E-state index contributed by atoms with van der Waals surface area (Å²) in [5, 5.41) is 20.1. The average Bonchev–Trinajstić information content (AvgIpc) is 2.63. The van der Waals surface area contributed by atoms with Gasteiger partial charge in [-0.2, -0.15) is 0 Å². The first kappa shape index (κ1) is 21.9. The van der Waals surface area contributed by atoms with Crippen LogP contribution in [0.25, 0.3) is 0 Å². The predicted molar refractivity (Wildman–Crippen MR) is 109 cm³/mol. The number of sulfonamides is 1. The largest absolute Gasteiger partial charge is 0.478 e. The number of carboxylic acid groups (broad SMARTS) is 1. The fourth-order valence-corrected chi connectivity index (χ4v) is 3.09. The second-order valence-electron chi connectivity index (χ2n) is 5.96. The SMILES string of the molecule is C/C=C/CNc1cc(C(=O)O)cc(S(N)(=O)=O)c1Oc1ccc(NC(C)=O)cc1. The Kier molecular flexibility index (Phi) is 6.97. The third-order valence-corrected chi connectivity index (χ3v) is 4.57. The number of carbonyl (C=O) groups is 2. The molecule has 0 spiro atoms. The highest BCUT2D eigenvalue weighted by Crippen LogP contribution is 2.37. The minimum absolute atomic E-state index is 0.130. The summed E-state index contributed by atoms with van der Waals surface area (Å²) in [5.74, 6) is -1.42. The number of nitrogens with one attached hydrogen (secondary N) is 2. The number of allylic oxidation sites excluding steroid dienone is 1. The molecule has 0 radical (unpaired) electrons. The van der Waals surface area contributed by atoms with Crippen LogP contribution in [0.5, 0.6) is 11.5 Å². The topological polar surface area (TPSA) is 148 Å². The Labute approximate surface area is 168 Å². The number of primary sulfonamides is 1. The Morgan fingerprint density at radius 2 is 1.86 bits per heavy atom. The number of rotatable bonds is 8. The lowest BCUT2D eigenvalue weighted by molar-refractivity contribution is -0.114. The molecule has 0 aliphatic carbocycles. The third-order valence-electron chi connectivity index (χ3n) is 3.65. The molecule has 0 saturated heterocycles. The van der Waals surface area contributed by atoms with Crippen molar-refractivity contribution in [1.29, 1.82) is 0 Å². The van der Waals surface area contributed by atoms with Crippen LogP contribution in [-0.4, -0.2) is 31.9 Å². The van der Waals surface area contributed by atoms with Crippen molar-refractivity contribution in [3.63, 3.8) is 0 Å². The summed E-state index contributed by atoms with van der Waals surface area (Å²) in [5.41, 5.74) is 0.424. The van der Waals surface area contributed by atoms with E-state index in [-0.39, 0.29) is 28.7 Å². The van der Waals surface area contributed by atoms with Crippen LogP contribution in [-0.2, 0) is 14.8 Å². The summed E-state index contributed by atoms with van der Waals surface area (Å²) in [6, 6.07) is 8.41. The van der Waals surface area contributed by atoms with Gasteiger partial charge in [0.1, 0.15) is 10.6 Å². The van der Waals surface area contributed by atoms with Gasteiger partial charge in [0.25, 0.3) is 0 Å². The Morgan fingerprint density at radius 3 is 2.38 bits per heavy atom. The van der Waals surface area contributed by atoms with Gasteiger partial charge < -0.3 is 20.5 Å². The minimum Gasteiger partial charge on any atom is -0.478 e. The first-order chi connectivity index (χ1) is 13.6. The van der Waals surface area contributed by atoms with Gasteiger partial charge in [0.15, 0.2) is 5.75 Å². The summed E-state index contributed by atoms with van der Waals surface area (Å²) in [6.07, 6.45) is 3.53. The van der Waals surface area contributed by atoms with Crippen molar-refractivity contribution in [2.24, 2.45) is 5.14 Å². The van der Waals surface area contributed by atoms with Crippen LogP contribution in [0.3, 0.4) is 0 Å². The van der Waals surface area contributed by atoms with Crippen LogP contribution in [0.1, 0.15) is 24.2 Å². The fraction of sp³-hybridized carbons (Fsp3) is 0.158. The van der Waals surface area contributed by atoms with Gasteiger partial charge in [0, 0.05) is 19.2 Å². The maximum Gasteiger partial charge on any atom is 0.335 e. The quantitative estimate of drug-likeness (QED) is 0.481. The number of carbonyl (C=O) groups excluding carboxylic acids is 1. The van der Waals surface area contributed by atoms with E-state index in [1.54, 1.807) is 31.2 Å². The van der Waals surface area contributed by atoms with Crippen molar-refractivity contribution in [3.8, 4) is 11.5 Å². The second-order valence-corrected chi connectivity index (χ2v) is 7.49. The molecule has 2 aromatic carbocycles. The first-order valence-electron chi connectivity index (χ1n) is 8.46. The molecule has 0 heterocycles. The van der Waals surface area contributed by atoms with Gasteiger partial charge in [0.05, 0.1) is 11.3 Å². The maximum atomic E-state index is 12.1. The van der Waals surface area contributed by atoms with Gasteiger partial charge in [-0.25, -0.2) is 18.4 Å². The first-order valence-corrected chi connectivity index (χ1v) is 10.0. The van der Waals surface area contributed by atoms with Crippen molar-refractivity contribution in [2.75, 3.05) is 17.2 Å². The molecule has 1 amide bonds. The molecule has 0 saturated carbocycles. The molecule has 0 unspecified atom stereocenters. The predicted octanol–water partition coefficient (Wildman–Crippen LogP) is 2.77. The van der Waals surface area contributed by atoms with Crippen LogP contribution in [0.15, 0.2) is 53.4 Å². The molecular formula is C19H21N3O6S. The second kappa shape index (κ2) is 9.22. The van der Waals surface area contributed by atoms with Crippen molar-refractivity contribution in [3.05, 3.63) is 54.1 Å². The highest BCUT2D eigenvalue weighted by atomic mass is 32.2. The fourth-order valence-electron chi connectivity index (χ4n) is 2.39. The lowest BCUT2D eigenvalue weighted by atomic mass is 10.1. The number of ether oxygens (including phenoxy) is 1. The van der Waals surface area contributed by atoms with E-state index in [4.69, 9.17) is 9.88 Å². The number of amides is 1. The van der Waals surface area contributed by atoms with Gasteiger partial charge >= 0.3 is 5.97 Å². The van der Waals surface area contributed by atoms with Crippen LogP contribution in [0.4, 0.5) is 11.4 Å². The number of anilines is 2. The molecule has 5 N–H and O–H groups in total. The summed E-state index contributed by atoms with van der Waals surface area (Å²) in [6.45, 7) is 3.48. The molecule has 0 fully saturated rings. The molecule has 2 rings (SSSR count). The number of benzene rings is 2. The van der Waals surface area contributed by atoms with E-state index >= 15 is 0 Å². The molecule has 0 aliphatic rings. The summed E-state index contributed by atoms with van der Waals surface area (Å²) < 4.78 is 29.9.